The van der Waals surface area contributed by atoms with Crippen LogP contribution in [-0.2, 0) is 24.1 Å². The monoisotopic (exact) mass is 390 g/mol. The van der Waals surface area contributed by atoms with Crippen LogP contribution in [0.1, 0.15) is 50.9 Å². The number of hydrogen-bond donors (Lipinski definition) is 1. The Morgan fingerprint density at radius 3 is 2.59 bits per heavy atom. The minimum atomic E-state index is -0.363. The Morgan fingerprint density at radius 2 is 1.86 bits per heavy atom. The van der Waals surface area contributed by atoms with Crippen molar-refractivity contribution in [3.05, 3.63) is 70.4 Å². The number of nitrogens with one attached hydrogen (secondary N) is 1. The third kappa shape index (κ3) is 3.77. The SMILES string of the molecule is COC(=O)c1ccc(CN(C)C(=O)c2ccc3[nH]c4c(c3c2)C[C@H](C)CC4)cc1. The van der Waals surface area contributed by atoms with Crippen molar-refractivity contribution in [3.63, 3.8) is 0 Å². The van der Waals surface area contributed by atoms with Crippen LogP contribution in [0.2, 0.25) is 0 Å². The number of carbonyl (C=O) groups excluding carboxylic acids is 2. The van der Waals surface area contributed by atoms with Crippen LogP contribution in [0.25, 0.3) is 10.9 Å². The van der Waals surface area contributed by atoms with E-state index in [2.05, 4.69) is 11.9 Å². The number of methoxy groups -OCH3 is 1. The normalized spacial score (nSPS) is 15.8. The van der Waals surface area contributed by atoms with E-state index >= 15 is 0 Å². The van der Waals surface area contributed by atoms with Crippen LogP contribution in [0.4, 0.5) is 0 Å². The van der Waals surface area contributed by atoms with Gasteiger partial charge in [-0.3, -0.25) is 4.79 Å². The fourth-order valence-electron chi connectivity index (χ4n) is 4.15. The van der Waals surface area contributed by atoms with Crippen LogP contribution >= 0.6 is 0 Å². The van der Waals surface area contributed by atoms with Gasteiger partial charge < -0.3 is 14.6 Å². The number of aromatic amines is 1. The number of fused-ring (bicyclic) bond motifs is 3. The highest BCUT2D eigenvalue weighted by Crippen LogP contribution is 2.32. The number of aryl methyl sites for hydroxylation is 1. The van der Waals surface area contributed by atoms with Crippen molar-refractivity contribution in [1.82, 2.24) is 9.88 Å². The van der Waals surface area contributed by atoms with Crippen LogP contribution in [0.15, 0.2) is 42.5 Å². The molecule has 0 fully saturated rings. The highest BCUT2D eigenvalue weighted by molar-refractivity contribution is 5.99. The maximum absolute atomic E-state index is 13.0. The van der Waals surface area contributed by atoms with E-state index in [9.17, 15) is 9.59 Å². The van der Waals surface area contributed by atoms with Crippen molar-refractivity contribution in [1.29, 1.82) is 0 Å². The van der Waals surface area contributed by atoms with E-state index in [4.69, 9.17) is 4.74 Å². The average molecular weight is 390 g/mol. The minimum Gasteiger partial charge on any atom is -0.465 e. The summed E-state index contributed by atoms with van der Waals surface area (Å²) >= 11 is 0. The van der Waals surface area contributed by atoms with Gasteiger partial charge in [-0.2, -0.15) is 0 Å². The van der Waals surface area contributed by atoms with Crippen LogP contribution in [0, 0.1) is 5.92 Å². The number of aromatic nitrogens is 1. The lowest BCUT2D eigenvalue weighted by molar-refractivity contribution is 0.0600. The maximum atomic E-state index is 13.0. The largest absolute Gasteiger partial charge is 0.465 e. The summed E-state index contributed by atoms with van der Waals surface area (Å²) in [4.78, 5) is 29.8. The number of nitrogens with zero attached hydrogens (tertiary/aromatic N) is 1. The highest BCUT2D eigenvalue weighted by Gasteiger charge is 2.21. The fourth-order valence-corrected chi connectivity index (χ4v) is 4.15. The van der Waals surface area contributed by atoms with E-state index in [-0.39, 0.29) is 11.9 Å². The molecule has 0 spiro atoms. The molecule has 1 N–H and O–H groups in total. The fraction of sp³-hybridized carbons (Fsp3) is 0.333. The Bertz CT molecular complexity index is 1070. The van der Waals surface area contributed by atoms with E-state index < -0.39 is 0 Å². The molecule has 3 aromatic rings. The summed E-state index contributed by atoms with van der Waals surface area (Å²) in [6, 6.07) is 13.1. The lowest BCUT2D eigenvalue weighted by Crippen LogP contribution is -2.26. The molecule has 1 aliphatic rings. The molecule has 0 saturated heterocycles. The van der Waals surface area contributed by atoms with Gasteiger partial charge in [-0.05, 0) is 66.6 Å². The zero-order chi connectivity index (χ0) is 20.5. The highest BCUT2D eigenvalue weighted by atomic mass is 16.5. The van der Waals surface area contributed by atoms with Gasteiger partial charge in [0.15, 0.2) is 0 Å². The Balaban J connectivity index is 1.53. The molecule has 0 unspecified atom stereocenters. The van der Waals surface area contributed by atoms with Gasteiger partial charge >= 0.3 is 5.97 Å². The standard InChI is InChI=1S/C24H26N2O3/c1-15-4-10-21-19(12-15)20-13-18(9-11-22(20)25-21)23(27)26(2)14-16-5-7-17(8-6-16)24(28)29-3/h5-9,11,13,15,25H,4,10,12,14H2,1-3H3/t15-/m1/s1. The first-order valence-corrected chi connectivity index (χ1v) is 10.0. The summed E-state index contributed by atoms with van der Waals surface area (Å²) in [7, 11) is 3.16. The number of esters is 1. The van der Waals surface area contributed by atoms with E-state index in [1.807, 2.05) is 30.3 Å². The average Bonchev–Trinajstić information content (AvgIpc) is 3.10. The van der Waals surface area contributed by atoms with Gasteiger partial charge in [0.2, 0.25) is 0 Å². The molecule has 5 heteroatoms. The smallest absolute Gasteiger partial charge is 0.337 e. The molecular weight excluding hydrogens is 364 g/mol. The number of hydrogen-bond acceptors (Lipinski definition) is 3. The summed E-state index contributed by atoms with van der Waals surface area (Å²) in [5, 5.41) is 1.17. The lowest BCUT2D eigenvalue weighted by atomic mass is 9.87. The number of H-pyrrole nitrogens is 1. The van der Waals surface area contributed by atoms with Crippen molar-refractivity contribution in [2.45, 2.75) is 32.7 Å². The molecule has 5 nitrogen and oxygen atoms in total. The van der Waals surface area contributed by atoms with Crippen LogP contribution < -0.4 is 0 Å². The summed E-state index contributed by atoms with van der Waals surface area (Å²) in [5.41, 5.74) is 5.97. The Hall–Kier alpha value is -3.08. The van der Waals surface area contributed by atoms with Crippen LogP contribution in [0.3, 0.4) is 0 Å². The first-order valence-electron chi connectivity index (χ1n) is 10.0. The van der Waals surface area contributed by atoms with Gasteiger partial charge in [0.1, 0.15) is 0 Å². The van der Waals surface area contributed by atoms with Crippen molar-refractivity contribution in [2.24, 2.45) is 5.92 Å². The number of benzene rings is 2. The minimum absolute atomic E-state index is 0.0113. The summed E-state index contributed by atoms with van der Waals surface area (Å²) in [6.07, 6.45) is 3.36. The Labute approximate surface area is 170 Å². The van der Waals surface area contributed by atoms with Gasteiger partial charge in [0.25, 0.3) is 5.91 Å². The second-order valence-corrected chi connectivity index (χ2v) is 8.04. The topological polar surface area (TPSA) is 62.4 Å². The molecule has 0 bridgehead atoms. The molecule has 1 amide bonds. The van der Waals surface area contributed by atoms with Gasteiger partial charge in [-0.15, -0.1) is 0 Å². The van der Waals surface area contributed by atoms with Gasteiger partial charge in [0.05, 0.1) is 12.7 Å². The Kier molecular flexibility index (Phi) is 5.14. The Morgan fingerprint density at radius 1 is 1.14 bits per heavy atom. The predicted octanol–water partition coefficient (Wildman–Crippen LogP) is 4.35. The molecule has 1 aromatic heterocycles. The molecule has 2 aromatic carbocycles. The maximum Gasteiger partial charge on any atom is 0.337 e. The molecule has 150 valence electrons. The van der Waals surface area contributed by atoms with Gasteiger partial charge in [0, 0.05) is 35.8 Å². The third-order valence-corrected chi connectivity index (χ3v) is 5.82. The number of amides is 1. The summed E-state index contributed by atoms with van der Waals surface area (Å²) in [6.45, 7) is 2.76. The first kappa shape index (κ1) is 19.2. The van der Waals surface area contributed by atoms with E-state index in [1.54, 1.807) is 24.1 Å². The molecule has 0 aliphatic heterocycles. The van der Waals surface area contributed by atoms with E-state index in [1.165, 1.54) is 30.2 Å². The number of carbonyl (C=O) groups is 2. The van der Waals surface area contributed by atoms with Crippen molar-refractivity contribution < 1.29 is 14.3 Å². The van der Waals surface area contributed by atoms with Crippen molar-refractivity contribution in [3.8, 4) is 0 Å². The van der Waals surface area contributed by atoms with Crippen LogP contribution in [0.5, 0.6) is 0 Å². The molecule has 0 saturated carbocycles. The second-order valence-electron chi connectivity index (χ2n) is 8.04. The third-order valence-electron chi connectivity index (χ3n) is 5.82. The molecule has 1 heterocycles. The molecule has 1 atom stereocenters. The molecular formula is C24H26N2O3. The zero-order valence-electron chi connectivity index (χ0n) is 17.1. The molecule has 0 radical (unpaired) electrons. The van der Waals surface area contributed by atoms with Gasteiger partial charge in [-0.25, -0.2) is 4.79 Å². The quantitative estimate of drug-likeness (QED) is 0.674. The molecule has 1 aliphatic carbocycles. The second kappa shape index (κ2) is 7.74. The molecule has 29 heavy (non-hydrogen) atoms. The van der Waals surface area contributed by atoms with Crippen molar-refractivity contribution >= 4 is 22.8 Å². The summed E-state index contributed by atoms with van der Waals surface area (Å²) < 4.78 is 4.72. The van der Waals surface area contributed by atoms with Gasteiger partial charge in [-0.1, -0.05) is 19.1 Å². The van der Waals surface area contributed by atoms with Crippen molar-refractivity contribution in [2.75, 3.05) is 14.2 Å². The zero-order valence-corrected chi connectivity index (χ0v) is 17.1. The molecule has 4 rings (SSSR count). The first-order chi connectivity index (χ1) is 14.0. The lowest BCUT2D eigenvalue weighted by Gasteiger charge is -2.19. The van der Waals surface area contributed by atoms with E-state index in [0.717, 1.165) is 23.9 Å². The number of ether oxygens (including phenoxy) is 1. The number of rotatable bonds is 4. The van der Waals surface area contributed by atoms with E-state index in [0.29, 0.717) is 23.6 Å². The summed E-state index contributed by atoms with van der Waals surface area (Å²) in [5.74, 6) is 0.303. The van der Waals surface area contributed by atoms with Crippen LogP contribution in [-0.4, -0.2) is 35.9 Å². The predicted molar refractivity (Wildman–Crippen MR) is 113 cm³/mol.